The van der Waals surface area contributed by atoms with Gasteiger partial charge in [0.25, 0.3) is 0 Å². The van der Waals surface area contributed by atoms with Crippen LogP contribution >= 0.6 is 11.3 Å². The van der Waals surface area contributed by atoms with Crippen LogP contribution in [-0.2, 0) is 7.05 Å². The van der Waals surface area contributed by atoms with Crippen molar-refractivity contribution in [1.29, 1.82) is 0 Å². The summed E-state index contributed by atoms with van der Waals surface area (Å²) in [5.41, 5.74) is 4.90. The lowest BCUT2D eigenvalue weighted by Crippen LogP contribution is -2.30. The largest absolute Gasteiger partial charge is 0.237 e. The molecule has 3 heterocycles. The van der Waals surface area contributed by atoms with Gasteiger partial charge >= 0.3 is 0 Å². The molecule has 0 bridgehead atoms. The van der Waals surface area contributed by atoms with Crippen LogP contribution in [0, 0.1) is 6.92 Å². The fourth-order valence-electron chi connectivity index (χ4n) is 3.56. The van der Waals surface area contributed by atoms with E-state index in [4.69, 9.17) is 4.98 Å². The summed E-state index contributed by atoms with van der Waals surface area (Å²) < 4.78 is 3.52. The van der Waals surface area contributed by atoms with Crippen molar-refractivity contribution in [3.8, 4) is 11.3 Å². The van der Waals surface area contributed by atoms with Crippen molar-refractivity contribution in [2.45, 2.75) is 6.92 Å². The van der Waals surface area contributed by atoms with Crippen molar-refractivity contribution in [3.05, 3.63) is 72.4 Å². The summed E-state index contributed by atoms with van der Waals surface area (Å²) in [6.45, 7) is 2.17. The zero-order valence-corrected chi connectivity index (χ0v) is 15.0. The predicted octanol–water partition coefficient (Wildman–Crippen LogP) is 5.40. The van der Waals surface area contributed by atoms with Crippen LogP contribution in [0.3, 0.4) is 0 Å². The Morgan fingerprint density at radius 3 is 2.60 bits per heavy atom. The van der Waals surface area contributed by atoms with E-state index in [-0.39, 0.29) is 0 Å². The van der Waals surface area contributed by atoms with Gasteiger partial charge in [-0.1, -0.05) is 36.4 Å². The monoisotopic (exact) mass is 341 g/mol. The Balaban J connectivity index is 1.94. The second-order valence-corrected chi connectivity index (χ2v) is 7.47. The molecule has 2 nitrogen and oxygen atoms in total. The molecule has 0 saturated carbocycles. The molecule has 3 heteroatoms. The van der Waals surface area contributed by atoms with Gasteiger partial charge in [-0.3, -0.25) is 0 Å². The summed E-state index contributed by atoms with van der Waals surface area (Å²) >= 11 is 1.79. The predicted molar refractivity (Wildman–Crippen MR) is 106 cm³/mol. The van der Waals surface area contributed by atoms with E-state index in [9.17, 15) is 0 Å². The van der Waals surface area contributed by atoms with E-state index in [1.807, 2.05) is 6.07 Å². The minimum atomic E-state index is 1.06. The molecule has 0 saturated heterocycles. The zero-order valence-electron chi connectivity index (χ0n) is 14.2. The SMILES string of the molecule is Cc1ccccc1-c1c2sc3nc4ccccc4cc3c2cc[n+]1C. The standard InChI is InChI=1S/C22H17N2S/c1-14-7-3-5-9-16(14)20-21-17(11-12-24(20)2)18-13-15-8-4-6-10-19(15)23-22(18)25-21/h3-13H,1-2H3/q+1. The Labute approximate surface area is 150 Å². The van der Waals surface area contributed by atoms with Gasteiger partial charge in [-0.15, -0.1) is 11.3 Å². The van der Waals surface area contributed by atoms with E-state index in [1.54, 1.807) is 11.3 Å². The van der Waals surface area contributed by atoms with Crippen LogP contribution in [0.2, 0.25) is 0 Å². The normalized spacial score (nSPS) is 11.6. The molecule has 3 aromatic heterocycles. The van der Waals surface area contributed by atoms with Gasteiger partial charge in [0.05, 0.1) is 11.1 Å². The smallest absolute Gasteiger partial charge is 0.230 e. The molecule has 2 aromatic carbocycles. The molecular formula is C22H17N2S+. The van der Waals surface area contributed by atoms with Crippen LogP contribution < -0.4 is 4.57 Å². The average Bonchev–Trinajstić information content (AvgIpc) is 2.98. The molecule has 0 amide bonds. The van der Waals surface area contributed by atoms with Crippen LogP contribution in [0.1, 0.15) is 5.56 Å². The summed E-state index contributed by atoms with van der Waals surface area (Å²) in [6.07, 6.45) is 2.16. The Morgan fingerprint density at radius 1 is 0.920 bits per heavy atom. The fraction of sp³-hybridized carbons (Fsp3) is 0.0909. The number of aromatic nitrogens is 2. The maximum absolute atomic E-state index is 4.91. The first-order chi connectivity index (χ1) is 12.2. The molecule has 5 rings (SSSR count). The number of hydrogen-bond acceptors (Lipinski definition) is 2. The molecule has 0 aliphatic rings. The van der Waals surface area contributed by atoms with Crippen LogP contribution in [0.25, 0.3) is 42.5 Å². The van der Waals surface area contributed by atoms with Crippen molar-refractivity contribution < 1.29 is 4.57 Å². The molecule has 0 fully saturated rings. The van der Waals surface area contributed by atoms with Crippen molar-refractivity contribution in [1.82, 2.24) is 4.98 Å². The lowest BCUT2D eigenvalue weighted by molar-refractivity contribution is -0.659. The second-order valence-electron chi connectivity index (χ2n) is 6.47. The Hall–Kier alpha value is -2.78. The summed E-state index contributed by atoms with van der Waals surface area (Å²) in [5, 5.41) is 3.73. The van der Waals surface area contributed by atoms with Gasteiger partial charge in [0, 0.05) is 22.2 Å². The van der Waals surface area contributed by atoms with Gasteiger partial charge in [-0.25, -0.2) is 4.98 Å². The minimum Gasteiger partial charge on any atom is -0.237 e. The fourth-order valence-corrected chi connectivity index (χ4v) is 4.81. The topological polar surface area (TPSA) is 16.8 Å². The molecule has 0 radical (unpaired) electrons. The van der Waals surface area contributed by atoms with Gasteiger partial charge in [0.2, 0.25) is 5.69 Å². The summed E-state index contributed by atoms with van der Waals surface area (Å²) in [7, 11) is 2.12. The molecule has 120 valence electrons. The van der Waals surface area contributed by atoms with Gasteiger partial charge in [-0.2, -0.15) is 4.57 Å². The van der Waals surface area contributed by atoms with E-state index in [2.05, 4.69) is 79.3 Å². The van der Waals surface area contributed by atoms with Gasteiger partial charge in [0.1, 0.15) is 16.6 Å². The number of nitrogens with zero attached hydrogens (tertiary/aromatic N) is 2. The van der Waals surface area contributed by atoms with Crippen molar-refractivity contribution in [3.63, 3.8) is 0 Å². The number of hydrogen-bond donors (Lipinski definition) is 0. The minimum absolute atomic E-state index is 1.06. The van der Waals surface area contributed by atoms with Crippen LogP contribution in [0.15, 0.2) is 66.9 Å². The summed E-state index contributed by atoms with van der Waals surface area (Å²) in [4.78, 5) is 6.02. The first kappa shape index (κ1) is 14.6. The number of para-hydroxylation sites is 1. The highest BCUT2D eigenvalue weighted by Crippen LogP contribution is 2.39. The molecule has 0 aliphatic heterocycles. The summed E-state index contributed by atoms with van der Waals surface area (Å²) in [6, 6.07) is 21.4. The lowest BCUT2D eigenvalue weighted by Gasteiger charge is -2.05. The first-order valence-electron chi connectivity index (χ1n) is 8.39. The van der Waals surface area contributed by atoms with Crippen LogP contribution in [-0.4, -0.2) is 4.98 Å². The second kappa shape index (κ2) is 5.36. The number of benzene rings is 2. The molecule has 0 unspecified atom stereocenters. The van der Waals surface area contributed by atoms with Gasteiger partial charge in [-0.05, 0) is 30.7 Å². The van der Waals surface area contributed by atoms with Crippen LogP contribution in [0.5, 0.6) is 0 Å². The molecule has 0 spiro atoms. The highest BCUT2D eigenvalue weighted by atomic mass is 32.1. The van der Waals surface area contributed by atoms with Crippen molar-refractivity contribution in [2.75, 3.05) is 0 Å². The third-order valence-electron chi connectivity index (χ3n) is 4.86. The molecule has 0 N–H and O–H groups in total. The Kier molecular flexibility index (Phi) is 3.12. The Bertz CT molecular complexity index is 1270. The average molecular weight is 341 g/mol. The van der Waals surface area contributed by atoms with Gasteiger partial charge in [0.15, 0.2) is 6.20 Å². The quantitative estimate of drug-likeness (QED) is 0.373. The highest BCUT2D eigenvalue weighted by Gasteiger charge is 2.20. The number of thiophene rings is 1. The zero-order chi connectivity index (χ0) is 17.0. The number of rotatable bonds is 1. The Morgan fingerprint density at radius 2 is 1.72 bits per heavy atom. The molecule has 0 atom stereocenters. The van der Waals surface area contributed by atoms with E-state index < -0.39 is 0 Å². The molecular weight excluding hydrogens is 324 g/mol. The maximum atomic E-state index is 4.91. The lowest BCUT2D eigenvalue weighted by atomic mass is 10.0. The molecule has 5 aromatic rings. The summed E-state index contributed by atoms with van der Waals surface area (Å²) in [5.74, 6) is 0. The molecule has 0 aliphatic carbocycles. The van der Waals surface area contributed by atoms with Crippen LogP contribution in [0.4, 0.5) is 0 Å². The first-order valence-corrected chi connectivity index (χ1v) is 9.21. The van der Waals surface area contributed by atoms with Crippen molar-refractivity contribution in [2.24, 2.45) is 7.05 Å². The molecule has 25 heavy (non-hydrogen) atoms. The third-order valence-corrected chi connectivity index (χ3v) is 5.98. The highest BCUT2D eigenvalue weighted by molar-refractivity contribution is 7.26. The number of aryl methyl sites for hydroxylation is 2. The van der Waals surface area contributed by atoms with E-state index in [0.717, 1.165) is 10.3 Å². The van der Waals surface area contributed by atoms with E-state index in [0.29, 0.717) is 0 Å². The van der Waals surface area contributed by atoms with E-state index >= 15 is 0 Å². The third kappa shape index (κ3) is 2.16. The van der Waals surface area contributed by atoms with Crippen molar-refractivity contribution >= 4 is 42.5 Å². The number of fused-ring (bicyclic) bond motifs is 4. The maximum Gasteiger partial charge on any atom is 0.230 e. The van der Waals surface area contributed by atoms with Gasteiger partial charge < -0.3 is 0 Å². The van der Waals surface area contributed by atoms with E-state index in [1.165, 1.54) is 37.7 Å². The number of pyridine rings is 2.